The molecule has 0 N–H and O–H groups in total. The zero-order valence-electron chi connectivity index (χ0n) is 20.7. The molecule has 0 radical (unpaired) electrons. The maximum Gasteiger partial charge on any atom is 0.210 e. The third-order valence-corrected chi connectivity index (χ3v) is 8.40. The number of benzene rings is 5. The molecule has 8 aromatic rings. The summed E-state index contributed by atoms with van der Waals surface area (Å²) in [6.45, 7) is 0. The van der Waals surface area contributed by atoms with Crippen molar-refractivity contribution in [2.75, 3.05) is 0 Å². The van der Waals surface area contributed by atoms with Crippen molar-refractivity contribution in [3.8, 4) is 28.1 Å². The number of nitroso groups, excluding NO2 is 1. The predicted molar refractivity (Wildman–Crippen MR) is 161 cm³/mol. The molecule has 0 fully saturated rings. The number of rotatable bonds is 4. The summed E-state index contributed by atoms with van der Waals surface area (Å²) in [6.07, 6.45) is 0. The van der Waals surface area contributed by atoms with Crippen molar-refractivity contribution in [2.45, 2.75) is 0 Å². The average Bonchev–Trinajstić information content (AvgIpc) is 3.65. The van der Waals surface area contributed by atoms with E-state index in [0.29, 0.717) is 11.5 Å². The van der Waals surface area contributed by atoms with Gasteiger partial charge >= 0.3 is 0 Å². The Balaban J connectivity index is 1.24. The van der Waals surface area contributed by atoms with Gasteiger partial charge in [0, 0.05) is 22.0 Å². The molecule has 0 aliphatic heterocycles. The van der Waals surface area contributed by atoms with Crippen LogP contribution in [0.3, 0.4) is 0 Å². The predicted octanol–water partition coefficient (Wildman–Crippen LogP) is 9.38. The molecule has 184 valence electrons. The minimum Gasteiger partial charge on any atom is -0.309 e. The van der Waals surface area contributed by atoms with Gasteiger partial charge in [0.2, 0.25) is 5.82 Å². The molecule has 0 unspecified atom stereocenters. The Morgan fingerprint density at radius 3 is 1.95 bits per heavy atom. The normalized spacial score (nSPS) is 11.7. The molecule has 39 heavy (non-hydrogen) atoms. The van der Waals surface area contributed by atoms with Gasteiger partial charge in [-0.05, 0) is 52.7 Å². The van der Waals surface area contributed by atoms with Crippen molar-refractivity contribution in [1.29, 1.82) is 0 Å². The van der Waals surface area contributed by atoms with Crippen LogP contribution in [0, 0.1) is 4.91 Å². The Kier molecular flexibility index (Phi) is 4.77. The zero-order chi connectivity index (χ0) is 25.9. The number of fused-ring (bicyclic) bond motifs is 6. The first kappa shape index (κ1) is 22.0. The number of aromatic nitrogens is 3. The van der Waals surface area contributed by atoms with Gasteiger partial charge in [-0.15, -0.1) is 4.91 Å². The van der Waals surface area contributed by atoms with E-state index >= 15 is 0 Å². The Morgan fingerprint density at radius 2 is 1.26 bits per heavy atom. The number of imidazole rings is 1. The summed E-state index contributed by atoms with van der Waals surface area (Å²) < 4.78 is 5.21. The van der Waals surface area contributed by atoms with Crippen molar-refractivity contribution < 1.29 is 0 Å². The first-order chi connectivity index (χ1) is 19.3. The first-order valence-electron chi connectivity index (χ1n) is 12.7. The highest BCUT2D eigenvalue weighted by Gasteiger charge is 2.20. The highest BCUT2D eigenvalue weighted by Crippen LogP contribution is 2.39. The fourth-order valence-electron chi connectivity index (χ4n) is 5.61. The third-order valence-electron chi connectivity index (χ3n) is 7.40. The molecule has 8 rings (SSSR count). The van der Waals surface area contributed by atoms with Crippen molar-refractivity contribution in [3.63, 3.8) is 0 Å². The number of hydrogen-bond donors (Lipinski definition) is 0. The van der Waals surface area contributed by atoms with Crippen molar-refractivity contribution >= 4 is 54.1 Å². The van der Waals surface area contributed by atoms with Gasteiger partial charge in [0.15, 0.2) is 4.96 Å². The fraction of sp³-hybridized carbons (Fsp3) is 0. The van der Waals surface area contributed by atoms with Gasteiger partial charge in [-0.1, -0.05) is 96.3 Å². The van der Waals surface area contributed by atoms with E-state index in [9.17, 15) is 4.91 Å². The summed E-state index contributed by atoms with van der Waals surface area (Å²) in [6, 6.07) is 41.7. The molecular formula is C33H20N4OS. The third kappa shape index (κ3) is 3.28. The Hall–Kier alpha value is -5.07. The Bertz CT molecular complexity index is 2130. The van der Waals surface area contributed by atoms with Crippen molar-refractivity contribution in [1.82, 2.24) is 14.0 Å². The number of para-hydroxylation sites is 2. The molecule has 0 aliphatic rings. The lowest BCUT2D eigenvalue weighted by atomic mass is 10.1. The van der Waals surface area contributed by atoms with E-state index < -0.39 is 0 Å². The van der Waals surface area contributed by atoms with E-state index in [1.165, 1.54) is 10.8 Å². The van der Waals surface area contributed by atoms with Crippen LogP contribution in [0.25, 0.3) is 65.1 Å². The second-order valence-electron chi connectivity index (χ2n) is 9.56. The SMILES string of the molecule is O=Nc1c(-c2ccc(-n3c4ccccc4c4ccccc43)cc2)nc2sc3cc(-c4ccccc4)ccc3n12. The summed E-state index contributed by atoms with van der Waals surface area (Å²) in [5.74, 6) is 0.327. The Labute approximate surface area is 227 Å². The Morgan fingerprint density at radius 1 is 0.615 bits per heavy atom. The minimum absolute atomic E-state index is 0.327. The average molecular weight is 521 g/mol. The van der Waals surface area contributed by atoms with E-state index in [1.54, 1.807) is 11.3 Å². The van der Waals surface area contributed by atoms with Gasteiger partial charge < -0.3 is 4.57 Å². The van der Waals surface area contributed by atoms with Crippen LogP contribution >= 0.6 is 11.3 Å². The lowest BCUT2D eigenvalue weighted by molar-refractivity contribution is 1.18. The molecule has 0 aliphatic carbocycles. The van der Waals surface area contributed by atoms with E-state index in [0.717, 1.165) is 48.6 Å². The first-order valence-corrected chi connectivity index (χ1v) is 13.5. The van der Waals surface area contributed by atoms with Crippen LogP contribution in [-0.4, -0.2) is 14.0 Å². The van der Waals surface area contributed by atoms with Gasteiger partial charge in [-0.3, -0.25) is 4.40 Å². The fourth-order valence-corrected chi connectivity index (χ4v) is 6.67. The van der Waals surface area contributed by atoms with Crippen LogP contribution in [-0.2, 0) is 0 Å². The van der Waals surface area contributed by atoms with Gasteiger partial charge in [0.1, 0.15) is 5.69 Å². The van der Waals surface area contributed by atoms with Crippen LogP contribution in [0.4, 0.5) is 5.82 Å². The van der Waals surface area contributed by atoms with E-state index in [4.69, 9.17) is 4.98 Å². The molecule has 5 aromatic carbocycles. The highest BCUT2D eigenvalue weighted by atomic mass is 32.1. The van der Waals surface area contributed by atoms with E-state index in [2.05, 4.69) is 94.7 Å². The molecular weight excluding hydrogens is 500 g/mol. The van der Waals surface area contributed by atoms with Gasteiger partial charge in [-0.2, -0.15) is 0 Å². The van der Waals surface area contributed by atoms with Crippen LogP contribution in [0.15, 0.2) is 127 Å². The second-order valence-corrected chi connectivity index (χ2v) is 10.6. The molecule has 0 amide bonds. The highest BCUT2D eigenvalue weighted by molar-refractivity contribution is 7.23. The minimum atomic E-state index is 0.327. The molecule has 0 atom stereocenters. The van der Waals surface area contributed by atoms with E-state index in [-0.39, 0.29) is 0 Å². The standard InChI is InChI=1S/C33H20N4OS/c38-35-32-31(34-33-37(32)29-19-16-23(20-30(29)39-33)21-8-2-1-3-9-21)22-14-17-24(18-15-22)36-27-12-6-4-10-25(27)26-11-5-7-13-28(26)36/h1-20H. The molecule has 0 saturated carbocycles. The molecule has 3 heterocycles. The lowest BCUT2D eigenvalue weighted by Gasteiger charge is -2.08. The van der Waals surface area contributed by atoms with E-state index in [1.807, 2.05) is 40.8 Å². The maximum atomic E-state index is 12.1. The monoisotopic (exact) mass is 520 g/mol. The maximum absolute atomic E-state index is 12.1. The van der Waals surface area contributed by atoms with Gasteiger partial charge in [-0.25, -0.2) is 4.98 Å². The molecule has 0 spiro atoms. The summed E-state index contributed by atoms with van der Waals surface area (Å²) in [5.41, 5.74) is 8.05. The van der Waals surface area contributed by atoms with Crippen LogP contribution in [0.1, 0.15) is 0 Å². The van der Waals surface area contributed by atoms with Crippen molar-refractivity contribution in [2.24, 2.45) is 5.18 Å². The quantitative estimate of drug-likeness (QED) is 0.217. The molecule has 5 nitrogen and oxygen atoms in total. The molecule has 0 bridgehead atoms. The lowest BCUT2D eigenvalue weighted by Crippen LogP contribution is -1.93. The van der Waals surface area contributed by atoms with Crippen LogP contribution < -0.4 is 0 Å². The molecule has 3 aromatic heterocycles. The van der Waals surface area contributed by atoms with Crippen LogP contribution in [0.2, 0.25) is 0 Å². The number of thiazole rings is 1. The largest absolute Gasteiger partial charge is 0.309 e. The zero-order valence-corrected chi connectivity index (χ0v) is 21.5. The van der Waals surface area contributed by atoms with Crippen LogP contribution in [0.5, 0.6) is 0 Å². The summed E-state index contributed by atoms with van der Waals surface area (Å²) in [7, 11) is 0. The summed E-state index contributed by atoms with van der Waals surface area (Å²) in [4.78, 5) is 17.8. The van der Waals surface area contributed by atoms with Gasteiger partial charge in [0.25, 0.3) is 0 Å². The molecule has 6 heteroatoms. The topological polar surface area (TPSA) is 51.7 Å². The smallest absolute Gasteiger partial charge is 0.210 e. The van der Waals surface area contributed by atoms with Gasteiger partial charge in [0.05, 0.1) is 21.3 Å². The summed E-state index contributed by atoms with van der Waals surface area (Å²) in [5, 5.41) is 5.89. The number of nitrogens with zero attached hydrogens (tertiary/aromatic N) is 4. The molecule has 0 saturated heterocycles. The van der Waals surface area contributed by atoms with Crippen molar-refractivity contribution in [3.05, 3.63) is 126 Å². The summed E-state index contributed by atoms with van der Waals surface area (Å²) >= 11 is 1.57. The second kappa shape index (κ2) is 8.48. The number of hydrogen-bond acceptors (Lipinski definition) is 4.